The Morgan fingerprint density at radius 1 is 1.33 bits per heavy atom. The highest BCUT2D eigenvalue weighted by Crippen LogP contribution is 2.29. The number of aryl methyl sites for hydroxylation is 1. The zero-order valence-electron chi connectivity index (χ0n) is 10.6. The minimum absolute atomic E-state index is 0.251. The molecule has 0 unspecified atom stereocenters. The minimum atomic E-state index is 0.251. The van der Waals surface area contributed by atoms with Crippen molar-refractivity contribution in [3.63, 3.8) is 0 Å². The van der Waals surface area contributed by atoms with Crippen LogP contribution in [0.25, 0.3) is 0 Å². The number of hydrogen-bond acceptors (Lipinski definition) is 2. The number of methoxy groups -OCH3 is 1. The van der Waals surface area contributed by atoms with Crippen LogP contribution in [0.2, 0.25) is 0 Å². The smallest absolute Gasteiger partial charge is 0.227 e. The zero-order chi connectivity index (χ0) is 13.0. The van der Waals surface area contributed by atoms with Crippen molar-refractivity contribution in [2.24, 2.45) is 0 Å². The summed E-state index contributed by atoms with van der Waals surface area (Å²) in [6, 6.07) is 6.33. The van der Waals surface area contributed by atoms with Gasteiger partial charge in [-0.3, -0.25) is 4.79 Å². The maximum absolute atomic E-state index is 12.0. The third-order valence-electron chi connectivity index (χ3n) is 3.22. The van der Waals surface area contributed by atoms with E-state index in [1.807, 2.05) is 4.90 Å². The number of carbonyl (C=O) groups excluding carboxylic acids is 1. The molecule has 0 aliphatic carbocycles. The van der Waals surface area contributed by atoms with Gasteiger partial charge in [0.1, 0.15) is 0 Å². The summed E-state index contributed by atoms with van der Waals surface area (Å²) in [7, 11) is 1.71. The van der Waals surface area contributed by atoms with Crippen molar-refractivity contribution in [1.82, 2.24) is 0 Å². The van der Waals surface area contributed by atoms with Gasteiger partial charge < -0.3 is 9.64 Å². The summed E-state index contributed by atoms with van der Waals surface area (Å²) in [6.07, 6.45) is 3.50. The Morgan fingerprint density at radius 3 is 2.94 bits per heavy atom. The Labute approximate surface area is 122 Å². The predicted molar refractivity (Wildman–Crippen MR) is 80.9 cm³/mol. The predicted octanol–water partition coefficient (Wildman–Crippen LogP) is 3.00. The van der Waals surface area contributed by atoms with Crippen LogP contribution in [0, 0.1) is 3.57 Å². The standard InChI is InChI=1S/C14H18INO2/c1-18-9-3-2-8-16-13-6-5-12(15)10-11(13)4-7-14(16)17/h5-6,10H,2-4,7-9H2,1H3. The topological polar surface area (TPSA) is 29.5 Å². The molecule has 0 spiro atoms. The highest BCUT2D eigenvalue weighted by Gasteiger charge is 2.23. The van der Waals surface area contributed by atoms with Gasteiger partial charge in [0.2, 0.25) is 5.91 Å². The molecule has 0 radical (unpaired) electrons. The monoisotopic (exact) mass is 359 g/mol. The molecule has 0 N–H and O–H groups in total. The fourth-order valence-corrected chi connectivity index (χ4v) is 2.85. The Balaban J connectivity index is 2.08. The van der Waals surface area contributed by atoms with Gasteiger partial charge in [-0.05, 0) is 65.6 Å². The highest BCUT2D eigenvalue weighted by atomic mass is 127. The van der Waals surface area contributed by atoms with Crippen LogP contribution < -0.4 is 4.90 Å². The van der Waals surface area contributed by atoms with Crippen LogP contribution in [-0.4, -0.2) is 26.2 Å². The van der Waals surface area contributed by atoms with Gasteiger partial charge in [0.15, 0.2) is 0 Å². The summed E-state index contributed by atoms with van der Waals surface area (Å²) >= 11 is 2.32. The first-order valence-corrected chi connectivity index (χ1v) is 7.38. The number of fused-ring (bicyclic) bond motifs is 1. The Hall–Kier alpha value is -0.620. The second-order valence-electron chi connectivity index (χ2n) is 4.52. The van der Waals surface area contributed by atoms with Gasteiger partial charge in [-0.15, -0.1) is 0 Å². The number of hydrogen-bond donors (Lipinski definition) is 0. The van der Waals surface area contributed by atoms with Gasteiger partial charge in [-0.25, -0.2) is 0 Å². The Bertz CT molecular complexity index is 434. The maximum Gasteiger partial charge on any atom is 0.227 e. The van der Waals surface area contributed by atoms with Crippen molar-refractivity contribution < 1.29 is 9.53 Å². The zero-order valence-corrected chi connectivity index (χ0v) is 12.8. The highest BCUT2D eigenvalue weighted by molar-refractivity contribution is 14.1. The molecule has 0 saturated heterocycles. The van der Waals surface area contributed by atoms with E-state index in [0.29, 0.717) is 6.42 Å². The molecular formula is C14H18INO2. The number of unbranched alkanes of at least 4 members (excludes halogenated alkanes) is 1. The summed E-state index contributed by atoms with van der Waals surface area (Å²) in [5.74, 6) is 0.251. The van der Waals surface area contributed by atoms with E-state index in [4.69, 9.17) is 4.74 Å². The SMILES string of the molecule is COCCCCN1C(=O)CCc2cc(I)ccc21. The van der Waals surface area contributed by atoms with Crippen LogP contribution in [0.4, 0.5) is 5.69 Å². The third-order valence-corrected chi connectivity index (χ3v) is 3.89. The number of ether oxygens (including phenoxy) is 1. The largest absolute Gasteiger partial charge is 0.385 e. The minimum Gasteiger partial charge on any atom is -0.385 e. The first-order chi connectivity index (χ1) is 8.72. The number of carbonyl (C=O) groups is 1. The van der Waals surface area contributed by atoms with Gasteiger partial charge in [0.05, 0.1) is 0 Å². The molecule has 1 aliphatic rings. The van der Waals surface area contributed by atoms with Crippen LogP contribution in [0.3, 0.4) is 0 Å². The van der Waals surface area contributed by atoms with Crippen molar-refractivity contribution in [2.75, 3.05) is 25.2 Å². The molecule has 18 heavy (non-hydrogen) atoms. The molecule has 98 valence electrons. The van der Waals surface area contributed by atoms with Gasteiger partial charge in [0, 0.05) is 35.9 Å². The van der Waals surface area contributed by atoms with E-state index in [-0.39, 0.29) is 5.91 Å². The van der Waals surface area contributed by atoms with Crippen molar-refractivity contribution in [1.29, 1.82) is 0 Å². The molecule has 4 heteroatoms. The Morgan fingerprint density at radius 2 is 2.17 bits per heavy atom. The van der Waals surface area contributed by atoms with Crippen molar-refractivity contribution >= 4 is 34.2 Å². The van der Waals surface area contributed by atoms with Crippen LogP contribution in [0.1, 0.15) is 24.8 Å². The summed E-state index contributed by atoms with van der Waals surface area (Å²) < 4.78 is 6.27. The lowest BCUT2D eigenvalue weighted by Crippen LogP contribution is -2.36. The second-order valence-corrected chi connectivity index (χ2v) is 5.76. The average Bonchev–Trinajstić information content (AvgIpc) is 2.37. The molecule has 1 heterocycles. The first-order valence-electron chi connectivity index (χ1n) is 6.30. The molecule has 2 rings (SSSR count). The van der Waals surface area contributed by atoms with Crippen LogP contribution in [-0.2, 0) is 16.0 Å². The molecule has 3 nitrogen and oxygen atoms in total. The molecule has 1 aromatic rings. The van der Waals surface area contributed by atoms with Crippen molar-refractivity contribution in [3.05, 3.63) is 27.3 Å². The molecule has 0 saturated carbocycles. The van der Waals surface area contributed by atoms with E-state index in [1.54, 1.807) is 7.11 Å². The molecular weight excluding hydrogens is 341 g/mol. The molecule has 0 atom stereocenters. The summed E-state index contributed by atoms with van der Waals surface area (Å²) in [6.45, 7) is 1.57. The fourth-order valence-electron chi connectivity index (χ4n) is 2.29. The lowest BCUT2D eigenvalue weighted by atomic mass is 10.0. The number of rotatable bonds is 5. The van der Waals surface area contributed by atoms with Crippen molar-refractivity contribution in [2.45, 2.75) is 25.7 Å². The summed E-state index contributed by atoms with van der Waals surface area (Å²) in [4.78, 5) is 13.9. The van der Waals surface area contributed by atoms with E-state index < -0.39 is 0 Å². The average molecular weight is 359 g/mol. The second kappa shape index (κ2) is 6.52. The van der Waals surface area contributed by atoms with Gasteiger partial charge >= 0.3 is 0 Å². The Kier molecular flexibility index (Phi) is 5.00. The van der Waals surface area contributed by atoms with Gasteiger partial charge in [-0.2, -0.15) is 0 Å². The lowest BCUT2D eigenvalue weighted by molar-refractivity contribution is -0.118. The first kappa shape index (κ1) is 13.8. The number of halogens is 1. The van der Waals surface area contributed by atoms with Crippen LogP contribution >= 0.6 is 22.6 Å². The van der Waals surface area contributed by atoms with E-state index >= 15 is 0 Å². The molecule has 1 aliphatic heterocycles. The van der Waals surface area contributed by atoms with E-state index in [2.05, 4.69) is 40.8 Å². The molecule has 0 fully saturated rings. The third kappa shape index (κ3) is 3.23. The number of amides is 1. The summed E-state index contributed by atoms with van der Waals surface area (Å²) in [5.41, 5.74) is 2.40. The van der Waals surface area contributed by atoms with Gasteiger partial charge in [0.25, 0.3) is 0 Å². The summed E-state index contributed by atoms with van der Waals surface area (Å²) in [5, 5.41) is 0. The molecule has 0 aromatic heterocycles. The normalized spacial score (nSPS) is 14.8. The lowest BCUT2D eigenvalue weighted by Gasteiger charge is -2.29. The fraction of sp³-hybridized carbons (Fsp3) is 0.500. The van der Waals surface area contributed by atoms with E-state index in [0.717, 1.165) is 38.1 Å². The quantitative estimate of drug-likeness (QED) is 0.598. The van der Waals surface area contributed by atoms with E-state index in [1.165, 1.54) is 9.13 Å². The van der Waals surface area contributed by atoms with Crippen molar-refractivity contribution in [3.8, 4) is 0 Å². The molecule has 0 bridgehead atoms. The number of benzene rings is 1. The number of anilines is 1. The van der Waals surface area contributed by atoms with E-state index in [9.17, 15) is 4.79 Å². The van der Waals surface area contributed by atoms with Gasteiger partial charge in [-0.1, -0.05) is 0 Å². The number of nitrogens with zero attached hydrogens (tertiary/aromatic N) is 1. The van der Waals surface area contributed by atoms with Crippen LogP contribution in [0.15, 0.2) is 18.2 Å². The molecule has 1 amide bonds. The molecule has 1 aromatic carbocycles. The van der Waals surface area contributed by atoms with Crippen LogP contribution in [0.5, 0.6) is 0 Å². The maximum atomic E-state index is 12.0.